The molecule has 1 fully saturated rings. The van der Waals surface area contributed by atoms with Crippen LogP contribution in [0, 0.1) is 0 Å². The molecule has 0 bridgehead atoms. The van der Waals surface area contributed by atoms with Crippen LogP contribution in [0.1, 0.15) is 62.7 Å². The molecule has 4 heteroatoms. The highest BCUT2D eigenvalue weighted by Gasteiger charge is 2.23. The van der Waals surface area contributed by atoms with Gasteiger partial charge in [-0.25, -0.2) is 0 Å². The molecule has 0 saturated heterocycles. The Morgan fingerprint density at radius 3 is 2.26 bits per heavy atom. The molecule has 1 aliphatic carbocycles. The smallest absolute Gasteiger partial charge is 0.253 e. The molecule has 1 aromatic carbocycles. The summed E-state index contributed by atoms with van der Waals surface area (Å²) in [5.74, 6) is 1.42. The minimum Gasteiger partial charge on any atom is -0.490 e. The first-order valence-electron chi connectivity index (χ1n) is 8.84. The number of carbonyl (C=O) groups excluding carboxylic acids is 1. The lowest BCUT2D eigenvalue weighted by atomic mass is 10.1. The van der Waals surface area contributed by atoms with Crippen molar-refractivity contribution in [3.8, 4) is 11.5 Å². The first-order valence-corrected chi connectivity index (χ1v) is 8.84. The Balaban J connectivity index is 2.15. The number of ether oxygens (including phenoxy) is 2. The highest BCUT2D eigenvalue weighted by atomic mass is 16.5. The Kier molecular flexibility index (Phi) is 6.75. The first-order chi connectivity index (χ1) is 11.2. The zero-order chi connectivity index (χ0) is 16.7. The van der Waals surface area contributed by atoms with Crippen molar-refractivity contribution in [2.75, 3.05) is 20.3 Å². The van der Waals surface area contributed by atoms with Crippen LogP contribution in [0.5, 0.6) is 11.5 Å². The summed E-state index contributed by atoms with van der Waals surface area (Å²) in [5.41, 5.74) is 0.670. The Bertz CT molecular complexity index is 507. The van der Waals surface area contributed by atoms with Gasteiger partial charge in [0, 0.05) is 18.7 Å². The van der Waals surface area contributed by atoms with Crippen LogP contribution in [0.2, 0.25) is 0 Å². The molecule has 1 aromatic rings. The maximum Gasteiger partial charge on any atom is 0.253 e. The van der Waals surface area contributed by atoms with Crippen molar-refractivity contribution in [2.45, 2.75) is 58.4 Å². The monoisotopic (exact) mass is 319 g/mol. The van der Waals surface area contributed by atoms with Crippen LogP contribution in [0.15, 0.2) is 18.2 Å². The molecule has 1 amide bonds. The number of amides is 1. The molecule has 128 valence electrons. The van der Waals surface area contributed by atoms with E-state index in [2.05, 4.69) is 0 Å². The number of hydrogen-bond donors (Lipinski definition) is 0. The molecule has 0 spiro atoms. The second kappa shape index (κ2) is 8.80. The fourth-order valence-corrected chi connectivity index (χ4v) is 3.20. The maximum absolute atomic E-state index is 12.8. The predicted octanol–water partition coefficient (Wildman–Crippen LogP) is 4.28. The second-order valence-corrected chi connectivity index (χ2v) is 6.09. The summed E-state index contributed by atoms with van der Waals surface area (Å²) in [4.78, 5) is 14.7. The van der Waals surface area contributed by atoms with Gasteiger partial charge in [0.05, 0.1) is 13.2 Å². The van der Waals surface area contributed by atoms with Crippen LogP contribution >= 0.6 is 0 Å². The van der Waals surface area contributed by atoms with Crippen LogP contribution in [0.4, 0.5) is 0 Å². The fraction of sp³-hybridized carbons (Fsp3) is 0.632. The summed E-state index contributed by atoms with van der Waals surface area (Å²) < 4.78 is 11.2. The van der Waals surface area contributed by atoms with Gasteiger partial charge >= 0.3 is 0 Å². The molecule has 4 nitrogen and oxygen atoms in total. The third kappa shape index (κ3) is 4.63. The van der Waals surface area contributed by atoms with Gasteiger partial charge in [-0.15, -0.1) is 0 Å². The van der Waals surface area contributed by atoms with E-state index in [0.29, 0.717) is 36.3 Å². The largest absolute Gasteiger partial charge is 0.490 e. The summed E-state index contributed by atoms with van der Waals surface area (Å²) in [6.45, 7) is 5.00. The van der Waals surface area contributed by atoms with E-state index in [1.54, 1.807) is 0 Å². The number of benzene rings is 1. The molecule has 23 heavy (non-hydrogen) atoms. The van der Waals surface area contributed by atoms with Crippen molar-refractivity contribution in [1.29, 1.82) is 0 Å². The Labute approximate surface area is 139 Å². The second-order valence-electron chi connectivity index (χ2n) is 6.09. The van der Waals surface area contributed by atoms with Gasteiger partial charge in [-0.2, -0.15) is 0 Å². The minimum absolute atomic E-state index is 0.0703. The lowest BCUT2D eigenvalue weighted by Gasteiger charge is -2.27. The van der Waals surface area contributed by atoms with Gasteiger partial charge in [-0.1, -0.05) is 25.7 Å². The van der Waals surface area contributed by atoms with Crippen LogP contribution in [0.25, 0.3) is 0 Å². The summed E-state index contributed by atoms with van der Waals surface area (Å²) >= 11 is 0. The molecule has 0 N–H and O–H groups in total. The molecule has 0 aliphatic heterocycles. The fourth-order valence-electron chi connectivity index (χ4n) is 3.20. The molecular formula is C19H29NO3. The lowest BCUT2D eigenvalue weighted by Crippen LogP contribution is -2.36. The van der Waals surface area contributed by atoms with E-state index in [1.807, 2.05) is 44.0 Å². The molecule has 0 atom stereocenters. The average Bonchev–Trinajstić information content (AvgIpc) is 2.85. The molecule has 0 unspecified atom stereocenters. The van der Waals surface area contributed by atoms with E-state index in [-0.39, 0.29) is 5.91 Å². The summed E-state index contributed by atoms with van der Waals surface area (Å²) in [6, 6.07) is 5.84. The molecule has 0 heterocycles. The topological polar surface area (TPSA) is 38.8 Å². The zero-order valence-electron chi connectivity index (χ0n) is 14.6. The average molecular weight is 319 g/mol. The van der Waals surface area contributed by atoms with Gasteiger partial charge in [-0.3, -0.25) is 4.79 Å². The number of hydrogen-bond acceptors (Lipinski definition) is 3. The molecule has 1 aliphatic rings. The minimum atomic E-state index is 0.0703. The van der Waals surface area contributed by atoms with Gasteiger partial charge in [0.1, 0.15) is 0 Å². The van der Waals surface area contributed by atoms with Crippen molar-refractivity contribution >= 4 is 5.91 Å². The third-order valence-electron chi connectivity index (χ3n) is 4.48. The first kappa shape index (κ1) is 17.6. The Morgan fingerprint density at radius 1 is 1.04 bits per heavy atom. The van der Waals surface area contributed by atoms with E-state index in [0.717, 1.165) is 12.8 Å². The lowest BCUT2D eigenvalue weighted by molar-refractivity contribution is 0.0717. The van der Waals surface area contributed by atoms with E-state index < -0.39 is 0 Å². The highest BCUT2D eigenvalue weighted by Crippen LogP contribution is 2.30. The van der Waals surface area contributed by atoms with Crippen LogP contribution in [0.3, 0.4) is 0 Å². The van der Waals surface area contributed by atoms with E-state index in [9.17, 15) is 4.79 Å². The molecular weight excluding hydrogens is 290 g/mol. The predicted molar refractivity (Wildman–Crippen MR) is 92.4 cm³/mol. The van der Waals surface area contributed by atoms with Crippen molar-refractivity contribution in [3.05, 3.63) is 23.8 Å². The van der Waals surface area contributed by atoms with Crippen LogP contribution in [-0.2, 0) is 0 Å². The third-order valence-corrected chi connectivity index (χ3v) is 4.48. The zero-order valence-corrected chi connectivity index (χ0v) is 14.6. The van der Waals surface area contributed by atoms with Crippen LogP contribution in [-0.4, -0.2) is 37.1 Å². The normalized spacial score (nSPS) is 15.8. The number of nitrogens with zero attached hydrogens (tertiary/aromatic N) is 1. The molecule has 0 aromatic heterocycles. The van der Waals surface area contributed by atoms with Gasteiger partial charge in [0.2, 0.25) is 0 Å². The molecule has 0 radical (unpaired) electrons. The summed E-state index contributed by atoms with van der Waals surface area (Å²) in [5, 5.41) is 0. The Hall–Kier alpha value is -1.71. The Morgan fingerprint density at radius 2 is 1.65 bits per heavy atom. The standard InChI is InChI=1S/C19H29NO3/c1-4-22-17-13-12-15(14-18(17)23-5-2)19(21)20(3)16-10-8-6-7-9-11-16/h12-14,16H,4-11H2,1-3H3. The van der Waals surface area contributed by atoms with Crippen molar-refractivity contribution < 1.29 is 14.3 Å². The van der Waals surface area contributed by atoms with Gasteiger partial charge < -0.3 is 14.4 Å². The van der Waals surface area contributed by atoms with E-state index in [4.69, 9.17) is 9.47 Å². The highest BCUT2D eigenvalue weighted by molar-refractivity contribution is 5.95. The molecule has 1 saturated carbocycles. The van der Waals surface area contributed by atoms with E-state index >= 15 is 0 Å². The quantitative estimate of drug-likeness (QED) is 0.735. The number of rotatable bonds is 6. The van der Waals surface area contributed by atoms with E-state index in [1.165, 1.54) is 25.7 Å². The van der Waals surface area contributed by atoms with Gasteiger partial charge in [0.25, 0.3) is 5.91 Å². The summed E-state index contributed by atoms with van der Waals surface area (Å²) in [7, 11) is 1.93. The summed E-state index contributed by atoms with van der Waals surface area (Å²) in [6.07, 6.45) is 7.23. The SMILES string of the molecule is CCOc1ccc(C(=O)N(C)C2CCCCCC2)cc1OCC. The maximum atomic E-state index is 12.8. The van der Waals surface area contributed by atoms with Crippen molar-refractivity contribution in [2.24, 2.45) is 0 Å². The van der Waals surface area contributed by atoms with Gasteiger partial charge in [0.15, 0.2) is 11.5 Å². The van der Waals surface area contributed by atoms with Crippen molar-refractivity contribution in [3.63, 3.8) is 0 Å². The molecule has 2 rings (SSSR count). The van der Waals surface area contributed by atoms with Crippen LogP contribution < -0.4 is 9.47 Å². The van der Waals surface area contributed by atoms with Crippen molar-refractivity contribution in [1.82, 2.24) is 4.90 Å². The van der Waals surface area contributed by atoms with Gasteiger partial charge in [-0.05, 0) is 44.9 Å². The number of carbonyl (C=O) groups is 1.